The van der Waals surface area contributed by atoms with Crippen LogP contribution in [-0.2, 0) is 9.53 Å². The highest BCUT2D eigenvalue weighted by Gasteiger charge is 2.21. The molecular weight excluding hydrogens is 204 g/mol. The van der Waals surface area contributed by atoms with Crippen LogP contribution in [-0.4, -0.2) is 49.7 Å². The molecule has 94 valence electrons. The second-order valence-corrected chi connectivity index (χ2v) is 4.71. The molecule has 1 heterocycles. The Morgan fingerprint density at radius 1 is 1.44 bits per heavy atom. The second-order valence-electron chi connectivity index (χ2n) is 4.71. The first-order valence-corrected chi connectivity index (χ1v) is 6.18. The summed E-state index contributed by atoms with van der Waals surface area (Å²) in [4.78, 5) is 13.8. The van der Waals surface area contributed by atoms with Crippen LogP contribution in [0, 0.1) is 0 Å². The van der Waals surface area contributed by atoms with Gasteiger partial charge in [0.1, 0.15) is 0 Å². The van der Waals surface area contributed by atoms with Crippen molar-refractivity contribution in [1.82, 2.24) is 10.2 Å². The van der Waals surface area contributed by atoms with Crippen LogP contribution in [0.5, 0.6) is 0 Å². The number of nitrogens with one attached hydrogen (secondary N) is 1. The van der Waals surface area contributed by atoms with Crippen molar-refractivity contribution in [3.8, 4) is 0 Å². The maximum atomic E-state index is 11.9. The summed E-state index contributed by atoms with van der Waals surface area (Å²) in [6.45, 7) is 6.52. The molecule has 1 aliphatic rings. The summed E-state index contributed by atoms with van der Waals surface area (Å²) in [6.07, 6.45) is 2.53. The molecule has 0 bridgehead atoms. The molecule has 0 aliphatic carbocycles. The molecule has 1 saturated heterocycles. The quantitative estimate of drug-likeness (QED) is 0.763. The normalized spacial score (nSPS) is 17.8. The van der Waals surface area contributed by atoms with E-state index in [1.807, 2.05) is 11.9 Å². The summed E-state index contributed by atoms with van der Waals surface area (Å²) in [5, 5.41) is 3.26. The highest BCUT2D eigenvalue weighted by molar-refractivity contribution is 5.76. The number of carbonyl (C=O) groups excluding carboxylic acids is 1. The molecule has 0 spiro atoms. The van der Waals surface area contributed by atoms with Gasteiger partial charge in [0.25, 0.3) is 0 Å². The Bertz CT molecular complexity index is 213. The van der Waals surface area contributed by atoms with Crippen LogP contribution in [0.4, 0.5) is 0 Å². The molecule has 1 N–H and O–H groups in total. The van der Waals surface area contributed by atoms with Crippen molar-refractivity contribution < 1.29 is 9.53 Å². The van der Waals surface area contributed by atoms with Gasteiger partial charge in [0.05, 0.1) is 0 Å². The minimum atomic E-state index is 0.236. The van der Waals surface area contributed by atoms with Gasteiger partial charge in [0.15, 0.2) is 0 Å². The van der Waals surface area contributed by atoms with Gasteiger partial charge in [-0.25, -0.2) is 0 Å². The van der Waals surface area contributed by atoms with Crippen molar-refractivity contribution in [1.29, 1.82) is 0 Å². The van der Waals surface area contributed by atoms with Crippen LogP contribution in [0.15, 0.2) is 0 Å². The zero-order chi connectivity index (χ0) is 12.0. The first-order valence-electron chi connectivity index (χ1n) is 6.18. The largest absolute Gasteiger partial charge is 0.381 e. The lowest BCUT2D eigenvalue weighted by molar-refractivity contribution is -0.133. The van der Waals surface area contributed by atoms with Crippen LogP contribution < -0.4 is 5.32 Å². The Morgan fingerprint density at radius 2 is 2.06 bits per heavy atom. The van der Waals surface area contributed by atoms with E-state index in [2.05, 4.69) is 19.2 Å². The van der Waals surface area contributed by atoms with E-state index in [0.717, 1.165) is 32.6 Å². The molecule has 0 aromatic rings. The standard InChI is InChI=1S/C12H24N2O2/c1-10(2)13-7-4-12(15)14(3)11-5-8-16-9-6-11/h10-11,13H,4-9H2,1-3H3. The molecule has 4 nitrogen and oxygen atoms in total. The molecule has 0 aromatic heterocycles. The molecule has 1 fully saturated rings. The van der Waals surface area contributed by atoms with E-state index < -0.39 is 0 Å². The van der Waals surface area contributed by atoms with Gasteiger partial charge in [-0.3, -0.25) is 4.79 Å². The highest BCUT2D eigenvalue weighted by atomic mass is 16.5. The van der Waals surface area contributed by atoms with Crippen LogP contribution in [0.3, 0.4) is 0 Å². The number of amides is 1. The molecule has 0 aromatic carbocycles. The fourth-order valence-corrected chi connectivity index (χ4v) is 1.92. The fourth-order valence-electron chi connectivity index (χ4n) is 1.92. The highest BCUT2D eigenvalue weighted by Crippen LogP contribution is 2.13. The van der Waals surface area contributed by atoms with Crippen molar-refractivity contribution in [3.63, 3.8) is 0 Å². The smallest absolute Gasteiger partial charge is 0.223 e. The van der Waals surface area contributed by atoms with Gasteiger partial charge < -0.3 is 15.0 Å². The number of hydrogen-bond donors (Lipinski definition) is 1. The third kappa shape index (κ3) is 4.49. The molecule has 1 rings (SSSR count). The molecule has 1 aliphatic heterocycles. The SMILES string of the molecule is CC(C)NCCC(=O)N(C)C1CCOCC1. The Morgan fingerprint density at radius 3 is 2.62 bits per heavy atom. The van der Waals surface area contributed by atoms with Gasteiger partial charge in [0, 0.05) is 45.3 Å². The minimum absolute atomic E-state index is 0.236. The topological polar surface area (TPSA) is 41.6 Å². The van der Waals surface area contributed by atoms with Crippen molar-refractivity contribution in [2.24, 2.45) is 0 Å². The zero-order valence-electron chi connectivity index (χ0n) is 10.7. The van der Waals surface area contributed by atoms with E-state index in [1.165, 1.54) is 0 Å². The first kappa shape index (κ1) is 13.5. The number of rotatable bonds is 5. The van der Waals surface area contributed by atoms with E-state index >= 15 is 0 Å². The molecule has 16 heavy (non-hydrogen) atoms. The first-order chi connectivity index (χ1) is 7.61. The van der Waals surface area contributed by atoms with Crippen molar-refractivity contribution in [2.75, 3.05) is 26.8 Å². The third-order valence-electron chi connectivity index (χ3n) is 3.02. The molecule has 4 heteroatoms. The summed E-state index contributed by atoms with van der Waals surface area (Å²) >= 11 is 0. The van der Waals surface area contributed by atoms with E-state index in [0.29, 0.717) is 18.5 Å². The van der Waals surface area contributed by atoms with Crippen molar-refractivity contribution >= 4 is 5.91 Å². The van der Waals surface area contributed by atoms with Gasteiger partial charge in [-0.2, -0.15) is 0 Å². The molecule has 0 unspecified atom stereocenters. The average Bonchev–Trinajstić information content (AvgIpc) is 2.28. The summed E-state index contributed by atoms with van der Waals surface area (Å²) < 4.78 is 5.29. The minimum Gasteiger partial charge on any atom is -0.381 e. The zero-order valence-corrected chi connectivity index (χ0v) is 10.7. The number of nitrogens with zero attached hydrogens (tertiary/aromatic N) is 1. The van der Waals surface area contributed by atoms with Crippen LogP contribution in [0.25, 0.3) is 0 Å². The molecule has 0 saturated carbocycles. The predicted molar refractivity (Wildman–Crippen MR) is 64.4 cm³/mol. The lowest BCUT2D eigenvalue weighted by Gasteiger charge is -2.31. The van der Waals surface area contributed by atoms with Crippen LogP contribution in [0.1, 0.15) is 33.1 Å². The van der Waals surface area contributed by atoms with E-state index in [-0.39, 0.29) is 5.91 Å². The Hall–Kier alpha value is -0.610. The lowest BCUT2D eigenvalue weighted by atomic mass is 10.1. The summed E-state index contributed by atoms with van der Waals surface area (Å²) in [6, 6.07) is 0.821. The predicted octanol–water partition coefficient (Wildman–Crippen LogP) is 1.01. The Labute approximate surface area is 98.3 Å². The second kappa shape index (κ2) is 6.86. The van der Waals surface area contributed by atoms with Crippen LogP contribution >= 0.6 is 0 Å². The molecule has 1 amide bonds. The Kier molecular flexibility index (Phi) is 5.77. The Balaban J connectivity index is 2.23. The van der Waals surface area contributed by atoms with Crippen molar-refractivity contribution in [2.45, 2.75) is 45.2 Å². The summed E-state index contributed by atoms with van der Waals surface area (Å²) in [7, 11) is 1.91. The molecule has 0 radical (unpaired) electrons. The van der Waals surface area contributed by atoms with Gasteiger partial charge in [-0.1, -0.05) is 13.8 Å². The van der Waals surface area contributed by atoms with Gasteiger partial charge in [-0.05, 0) is 12.8 Å². The summed E-state index contributed by atoms with van der Waals surface area (Å²) in [5.74, 6) is 0.236. The van der Waals surface area contributed by atoms with E-state index in [1.54, 1.807) is 0 Å². The number of carbonyl (C=O) groups is 1. The number of hydrogen-bond acceptors (Lipinski definition) is 3. The van der Waals surface area contributed by atoms with E-state index in [9.17, 15) is 4.79 Å². The maximum absolute atomic E-state index is 11.9. The third-order valence-corrected chi connectivity index (χ3v) is 3.02. The maximum Gasteiger partial charge on any atom is 0.223 e. The van der Waals surface area contributed by atoms with Crippen LogP contribution in [0.2, 0.25) is 0 Å². The van der Waals surface area contributed by atoms with E-state index in [4.69, 9.17) is 4.74 Å². The van der Waals surface area contributed by atoms with Crippen molar-refractivity contribution in [3.05, 3.63) is 0 Å². The molecular formula is C12H24N2O2. The number of ether oxygens (including phenoxy) is 1. The fraction of sp³-hybridized carbons (Fsp3) is 0.917. The lowest BCUT2D eigenvalue weighted by Crippen LogP contribution is -2.41. The van der Waals surface area contributed by atoms with Gasteiger partial charge in [-0.15, -0.1) is 0 Å². The van der Waals surface area contributed by atoms with Gasteiger partial charge in [0.2, 0.25) is 5.91 Å². The molecule has 0 atom stereocenters. The monoisotopic (exact) mass is 228 g/mol. The average molecular weight is 228 g/mol. The van der Waals surface area contributed by atoms with Gasteiger partial charge >= 0.3 is 0 Å². The summed E-state index contributed by atoms with van der Waals surface area (Å²) in [5.41, 5.74) is 0.